The second-order valence-corrected chi connectivity index (χ2v) is 5.99. The summed E-state index contributed by atoms with van der Waals surface area (Å²) in [6.07, 6.45) is 5.07. The van der Waals surface area contributed by atoms with E-state index in [9.17, 15) is 0 Å². The summed E-state index contributed by atoms with van der Waals surface area (Å²) in [6, 6.07) is 0. The SMILES string of the molecule is CCCN(CCC)CCN(C)CCN(CCC)CCC. The van der Waals surface area contributed by atoms with E-state index in [0.717, 1.165) is 0 Å². The third-order valence-electron chi connectivity index (χ3n) is 3.76. The monoisotopic (exact) mass is 285 g/mol. The summed E-state index contributed by atoms with van der Waals surface area (Å²) in [4.78, 5) is 7.70. The number of rotatable bonds is 14. The van der Waals surface area contributed by atoms with Crippen molar-refractivity contribution in [1.29, 1.82) is 0 Å². The van der Waals surface area contributed by atoms with Gasteiger partial charge in [0.2, 0.25) is 0 Å². The fraction of sp³-hybridized carbons (Fsp3) is 1.00. The van der Waals surface area contributed by atoms with Gasteiger partial charge in [0.05, 0.1) is 0 Å². The van der Waals surface area contributed by atoms with E-state index in [-0.39, 0.29) is 0 Å². The van der Waals surface area contributed by atoms with Crippen LogP contribution in [0, 0.1) is 0 Å². The molecular formula is C17H39N3. The summed E-state index contributed by atoms with van der Waals surface area (Å²) in [5.41, 5.74) is 0. The van der Waals surface area contributed by atoms with Crippen molar-refractivity contribution in [3.63, 3.8) is 0 Å². The molecule has 0 aliphatic carbocycles. The summed E-state index contributed by atoms with van der Waals surface area (Å²) >= 11 is 0. The van der Waals surface area contributed by atoms with Gasteiger partial charge < -0.3 is 14.7 Å². The zero-order valence-electron chi connectivity index (χ0n) is 14.8. The van der Waals surface area contributed by atoms with E-state index in [1.54, 1.807) is 0 Å². The standard InChI is InChI=1S/C17H39N3/c1-6-10-19(11-7-2)16-14-18(5)15-17-20(12-8-3)13-9-4/h6-17H2,1-5H3. The third-order valence-corrected chi connectivity index (χ3v) is 3.76. The van der Waals surface area contributed by atoms with Crippen LogP contribution in [0.3, 0.4) is 0 Å². The van der Waals surface area contributed by atoms with E-state index < -0.39 is 0 Å². The van der Waals surface area contributed by atoms with Crippen LogP contribution in [0.5, 0.6) is 0 Å². The van der Waals surface area contributed by atoms with Crippen molar-refractivity contribution in [3.05, 3.63) is 0 Å². The van der Waals surface area contributed by atoms with Crippen molar-refractivity contribution < 1.29 is 0 Å². The summed E-state index contributed by atoms with van der Waals surface area (Å²) in [7, 11) is 2.27. The largest absolute Gasteiger partial charge is 0.304 e. The molecule has 3 heteroatoms. The molecule has 0 heterocycles. The zero-order chi connectivity index (χ0) is 15.2. The summed E-state index contributed by atoms with van der Waals surface area (Å²) in [5.74, 6) is 0. The van der Waals surface area contributed by atoms with E-state index in [4.69, 9.17) is 0 Å². The molecule has 0 aromatic rings. The molecule has 0 rings (SSSR count). The van der Waals surface area contributed by atoms with Crippen LogP contribution < -0.4 is 0 Å². The van der Waals surface area contributed by atoms with Crippen molar-refractivity contribution >= 4 is 0 Å². The van der Waals surface area contributed by atoms with Crippen molar-refractivity contribution in [2.24, 2.45) is 0 Å². The first kappa shape index (κ1) is 19.9. The maximum atomic E-state index is 2.60. The molecule has 0 spiro atoms. The maximum absolute atomic E-state index is 2.60. The Bertz CT molecular complexity index is 165. The van der Waals surface area contributed by atoms with Crippen LogP contribution in [0.25, 0.3) is 0 Å². The Kier molecular flexibility index (Phi) is 13.8. The van der Waals surface area contributed by atoms with Crippen LogP contribution in [-0.4, -0.2) is 74.1 Å². The molecule has 0 saturated heterocycles. The molecule has 3 nitrogen and oxygen atoms in total. The highest BCUT2D eigenvalue weighted by Gasteiger charge is 2.07. The van der Waals surface area contributed by atoms with Gasteiger partial charge in [0.1, 0.15) is 0 Å². The lowest BCUT2D eigenvalue weighted by Crippen LogP contribution is -2.38. The lowest BCUT2D eigenvalue weighted by atomic mass is 10.3. The minimum absolute atomic E-state index is 1.20. The Morgan fingerprint density at radius 1 is 0.450 bits per heavy atom. The average molecular weight is 286 g/mol. The highest BCUT2D eigenvalue weighted by molar-refractivity contribution is 4.63. The second kappa shape index (κ2) is 13.8. The van der Waals surface area contributed by atoms with E-state index in [1.807, 2.05) is 0 Å². The predicted octanol–water partition coefficient (Wildman–Crippen LogP) is 3.16. The minimum Gasteiger partial charge on any atom is -0.304 e. The molecule has 0 unspecified atom stereocenters. The van der Waals surface area contributed by atoms with Crippen molar-refractivity contribution in [1.82, 2.24) is 14.7 Å². The first-order valence-electron chi connectivity index (χ1n) is 8.81. The second-order valence-electron chi connectivity index (χ2n) is 5.99. The van der Waals surface area contributed by atoms with Crippen LogP contribution >= 0.6 is 0 Å². The lowest BCUT2D eigenvalue weighted by molar-refractivity contribution is 0.195. The van der Waals surface area contributed by atoms with E-state index >= 15 is 0 Å². The summed E-state index contributed by atoms with van der Waals surface area (Å²) < 4.78 is 0. The fourth-order valence-electron chi connectivity index (χ4n) is 2.67. The highest BCUT2D eigenvalue weighted by Crippen LogP contribution is 1.97. The van der Waals surface area contributed by atoms with Gasteiger partial charge in [0.15, 0.2) is 0 Å². The van der Waals surface area contributed by atoms with E-state index in [0.29, 0.717) is 0 Å². The van der Waals surface area contributed by atoms with Gasteiger partial charge in [-0.1, -0.05) is 27.7 Å². The summed E-state index contributed by atoms with van der Waals surface area (Å²) in [5, 5.41) is 0. The van der Waals surface area contributed by atoms with Gasteiger partial charge in [-0.2, -0.15) is 0 Å². The molecule has 0 amide bonds. The van der Waals surface area contributed by atoms with Crippen LogP contribution in [0.4, 0.5) is 0 Å². The maximum Gasteiger partial charge on any atom is 0.0109 e. The van der Waals surface area contributed by atoms with Crippen LogP contribution in [-0.2, 0) is 0 Å². The molecule has 0 fully saturated rings. The average Bonchev–Trinajstić information content (AvgIpc) is 2.43. The van der Waals surface area contributed by atoms with Crippen LogP contribution in [0.15, 0.2) is 0 Å². The van der Waals surface area contributed by atoms with Gasteiger partial charge in [0.25, 0.3) is 0 Å². The molecule has 0 bridgehead atoms. The number of nitrogens with zero attached hydrogens (tertiary/aromatic N) is 3. The highest BCUT2D eigenvalue weighted by atomic mass is 15.2. The Morgan fingerprint density at radius 3 is 1.00 bits per heavy atom. The van der Waals surface area contributed by atoms with E-state index in [1.165, 1.54) is 78.0 Å². The molecule has 20 heavy (non-hydrogen) atoms. The molecule has 0 saturated carbocycles. The van der Waals surface area contributed by atoms with E-state index in [2.05, 4.69) is 49.4 Å². The number of likely N-dealkylation sites (N-methyl/N-ethyl adjacent to an activating group) is 1. The fourth-order valence-corrected chi connectivity index (χ4v) is 2.67. The van der Waals surface area contributed by atoms with Crippen LogP contribution in [0.1, 0.15) is 53.4 Å². The van der Waals surface area contributed by atoms with Gasteiger partial charge in [-0.3, -0.25) is 0 Å². The molecule has 0 atom stereocenters. The Hall–Kier alpha value is -0.120. The smallest absolute Gasteiger partial charge is 0.0109 e. The number of hydrogen-bond acceptors (Lipinski definition) is 3. The first-order chi connectivity index (χ1) is 9.67. The molecule has 0 aromatic heterocycles. The lowest BCUT2D eigenvalue weighted by Gasteiger charge is -2.27. The normalized spacial score (nSPS) is 12.0. The third kappa shape index (κ3) is 10.6. The Labute approximate surface area is 128 Å². The molecule has 0 aliphatic heterocycles. The van der Waals surface area contributed by atoms with Gasteiger partial charge in [-0.15, -0.1) is 0 Å². The molecule has 122 valence electrons. The quantitative estimate of drug-likeness (QED) is 0.485. The minimum atomic E-state index is 1.20. The Morgan fingerprint density at radius 2 is 0.750 bits per heavy atom. The molecule has 0 N–H and O–H groups in total. The van der Waals surface area contributed by atoms with Gasteiger partial charge in [-0.25, -0.2) is 0 Å². The van der Waals surface area contributed by atoms with Crippen LogP contribution in [0.2, 0.25) is 0 Å². The summed E-state index contributed by atoms with van der Waals surface area (Å²) in [6.45, 7) is 19.0. The molecular weight excluding hydrogens is 246 g/mol. The molecule has 0 aromatic carbocycles. The van der Waals surface area contributed by atoms with Crippen molar-refractivity contribution in [3.8, 4) is 0 Å². The van der Waals surface area contributed by atoms with Crippen molar-refractivity contribution in [2.75, 3.05) is 59.4 Å². The topological polar surface area (TPSA) is 9.72 Å². The van der Waals surface area contributed by atoms with Gasteiger partial charge in [-0.05, 0) is 58.9 Å². The predicted molar refractivity (Wildman–Crippen MR) is 91.5 cm³/mol. The van der Waals surface area contributed by atoms with Gasteiger partial charge >= 0.3 is 0 Å². The first-order valence-corrected chi connectivity index (χ1v) is 8.81. The number of hydrogen-bond donors (Lipinski definition) is 0. The zero-order valence-corrected chi connectivity index (χ0v) is 14.8. The molecule has 0 aliphatic rings. The van der Waals surface area contributed by atoms with Gasteiger partial charge in [0, 0.05) is 26.2 Å². The molecule has 0 radical (unpaired) electrons. The van der Waals surface area contributed by atoms with Crippen molar-refractivity contribution in [2.45, 2.75) is 53.4 Å². The Balaban J connectivity index is 3.86.